The molecular formula is C16H25ClN2O3. The van der Waals surface area contributed by atoms with Gasteiger partial charge in [0.25, 0.3) is 5.91 Å². The van der Waals surface area contributed by atoms with Crippen molar-refractivity contribution in [3.05, 3.63) is 29.8 Å². The Bertz CT molecular complexity index is 490. The fourth-order valence-electron chi connectivity index (χ4n) is 2.84. The van der Waals surface area contributed by atoms with Crippen LogP contribution in [0.4, 0.5) is 0 Å². The summed E-state index contributed by atoms with van der Waals surface area (Å²) in [5.74, 6) is 0.839. The molecular weight excluding hydrogens is 304 g/mol. The Morgan fingerprint density at radius 2 is 1.91 bits per heavy atom. The minimum atomic E-state index is -0.692. The third-order valence-electron chi connectivity index (χ3n) is 4.14. The quantitative estimate of drug-likeness (QED) is 0.896. The molecule has 1 amide bonds. The topological polar surface area (TPSA) is 50.8 Å². The van der Waals surface area contributed by atoms with Gasteiger partial charge in [-0.3, -0.25) is 4.79 Å². The zero-order valence-corrected chi connectivity index (χ0v) is 14.2. The standard InChI is InChI=1S/C16H24N2O3.ClH/c1-18(12-13-6-4-5-7-14(13)20-2)15(19)16(21-3)8-10-17-11-9-16;/h4-7,17H,8-12H2,1-3H3;1H. The molecule has 2 rings (SSSR count). The number of carbonyl (C=O) groups excluding carboxylic acids is 1. The number of nitrogens with one attached hydrogen (secondary N) is 1. The number of rotatable bonds is 5. The van der Waals surface area contributed by atoms with E-state index >= 15 is 0 Å². The number of carbonyl (C=O) groups is 1. The second kappa shape index (κ2) is 8.36. The van der Waals surface area contributed by atoms with Crippen LogP contribution in [0.3, 0.4) is 0 Å². The lowest BCUT2D eigenvalue weighted by Crippen LogP contribution is -2.54. The number of benzene rings is 1. The average molecular weight is 329 g/mol. The first-order valence-corrected chi connectivity index (χ1v) is 7.26. The highest BCUT2D eigenvalue weighted by atomic mass is 35.5. The Balaban J connectivity index is 0.00000242. The van der Waals surface area contributed by atoms with Gasteiger partial charge in [-0.15, -0.1) is 12.4 Å². The van der Waals surface area contributed by atoms with E-state index < -0.39 is 5.60 Å². The van der Waals surface area contributed by atoms with Crippen molar-refractivity contribution >= 4 is 18.3 Å². The molecule has 124 valence electrons. The van der Waals surface area contributed by atoms with E-state index in [1.807, 2.05) is 31.3 Å². The number of amides is 1. The van der Waals surface area contributed by atoms with Crippen molar-refractivity contribution in [2.75, 3.05) is 34.4 Å². The number of halogens is 1. The van der Waals surface area contributed by atoms with Gasteiger partial charge in [0.15, 0.2) is 0 Å². The Kier molecular flexibility index (Phi) is 7.13. The zero-order valence-electron chi connectivity index (χ0n) is 13.4. The molecule has 0 aromatic heterocycles. The Labute approximate surface area is 138 Å². The molecule has 0 atom stereocenters. The molecule has 6 heteroatoms. The molecule has 0 spiro atoms. The van der Waals surface area contributed by atoms with E-state index in [1.165, 1.54) is 0 Å². The molecule has 1 N–H and O–H groups in total. The number of hydrogen-bond donors (Lipinski definition) is 1. The first kappa shape index (κ1) is 18.7. The highest BCUT2D eigenvalue weighted by Crippen LogP contribution is 2.26. The van der Waals surface area contributed by atoms with Gasteiger partial charge >= 0.3 is 0 Å². The molecule has 0 saturated carbocycles. The van der Waals surface area contributed by atoms with Crippen molar-refractivity contribution in [2.45, 2.75) is 25.0 Å². The number of hydrogen-bond acceptors (Lipinski definition) is 4. The van der Waals surface area contributed by atoms with E-state index in [2.05, 4.69) is 5.32 Å². The van der Waals surface area contributed by atoms with E-state index in [0.29, 0.717) is 19.4 Å². The summed E-state index contributed by atoms with van der Waals surface area (Å²) in [5.41, 5.74) is 0.304. The summed E-state index contributed by atoms with van der Waals surface area (Å²) in [6.07, 6.45) is 1.41. The molecule has 1 saturated heterocycles. The van der Waals surface area contributed by atoms with Gasteiger partial charge in [-0.2, -0.15) is 0 Å². The summed E-state index contributed by atoms with van der Waals surface area (Å²) in [7, 11) is 5.09. The summed E-state index contributed by atoms with van der Waals surface area (Å²) < 4.78 is 10.9. The predicted molar refractivity (Wildman–Crippen MR) is 88.6 cm³/mol. The molecule has 1 aromatic rings. The number of para-hydroxylation sites is 1. The van der Waals surface area contributed by atoms with Gasteiger partial charge in [-0.25, -0.2) is 0 Å². The lowest BCUT2D eigenvalue weighted by Gasteiger charge is -2.37. The van der Waals surface area contributed by atoms with Crippen LogP contribution in [0.15, 0.2) is 24.3 Å². The fraction of sp³-hybridized carbons (Fsp3) is 0.562. The van der Waals surface area contributed by atoms with E-state index in [1.54, 1.807) is 19.1 Å². The smallest absolute Gasteiger partial charge is 0.254 e. The van der Waals surface area contributed by atoms with Gasteiger partial charge in [0.1, 0.15) is 11.4 Å². The summed E-state index contributed by atoms with van der Waals surface area (Å²) in [5, 5.41) is 3.26. The van der Waals surface area contributed by atoms with Crippen LogP contribution in [0.1, 0.15) is 18.4 Å². The Morgan fingerprint density at radius 3 is 2.50 bits per heavy atom. The zero-order chi connectivity index (χ0) is 15.3. The molecule has 0 bridgehead atoms. The monoisotopic (exact) mass is 328 g/mol. The van der Waals surface area contributed by atoms with E-state index in [9.17, 15) is 4.79 Å². The Morgan fingerprint density at radius 1 is 1.27 bits per heavy atom. The molecule has 0 unspecified atom stereocenters. The normalized spacial score (nSPS) is 16.5. The van der Waals surface area contributed by atoms with Crippen molar-refractivity contribution in [1.82, 2.24) is 10.2 Å². The van der Waals surface area contributed by atoms with Crippen molar-refractivity contribution in [1.29, 1.82) is 0 Å². The minimum absolute atomic E-state index is 0. The third kappa shape index (κ3) is 3.91. The van der Waals surface area contributed by atoms with Gasteiger partial charge in [-0.1, -0.05) is 18.2 Å². The SMILES string of the molecule is COc1ccccc1CN(C)C(=O)C1(OC)CCNCC1.Cl. The first-order chi connectivity index (χ1) is 10.1. The number of nitrogens with zero attached hydrogens (tertiary/aromatic N) is 1. The Hall–Kier alpha value is -1.30. The van der Waals surface area contributed by atoms with Crippen LogP contribution in [-0.4, -0.2) is 50.8 Å². The second-order valence-electron chi connectivity index (χ2n) is 5.42. The van der Waals surface area contributed by atoms with Crippen LogP contribution in [0.2, 0.25) is 0 Å². The van der Waals surface area contributed by atoms with Crippen molar-refractivity contribution in [2.24, 2.45) is 0 Å². The lowest BCUT2D eigenvalue weighted by molar-refractivity contribution is -0.157. The summed E-state index contributed by atoms with van der Waals surface area (Å²) in [6.45, 7) is 2.13. The van der Waals surface area contributed by atoms with Crippen LogP contribution in [0.5, 0.6) is 5.75 Å². The second-order valence-corrected chi connectivity index (χ2v) is 5.42. The van der Waals surface area contributed by atoms with Crippen LogP contribution in [-0.2, 0) is 16.1 Å². The van der Waals surface area contributed by atoms with Crippen LogP contribution < -0.4 is 10.1 Å². The summed E-state index contributed by atoms with van der Waals surface area (Å²) >= 11 is 0. The molecule has 5 nitrogen and oxygen atoms in total. The van der Waals surface area contributed by atoms with Gasteiger partial charge in [0.2, 0.25) is 0 Å². The number of piperidine rings is 1. The summed E-state index contributed by atoms with van der Waals surface area (Å²) in [6, 6.07) is 7.76. The van der Waals surface area contributed by atoms with Gasteiger partial charge in [-0.05, 0) is 32.0 Å². The highest BCUT2D eigenvalue weighted by Gasteiger charge is 2.41. The van der Waals surface area contributed by atoms with Crippen molar-refractivity contribution in [3.8, 4) is 5.75 Å². The van der Waals surface area contributed by atoms with Gasteiger partial charge in [0.05, 0.1) is 7.11 Å². The molecule has 1 fully saturated rings. The fourth-order valence-corrected chi connectivity index (χ4v) is 2.84. The average Bonchev–Trinajstić information content (AvgIpc) is 2.55. The van der Waals surface area contributed by atoms with Gasteiger partial charge in [0, 0.05) is 26.3 Å². The molecule has 1 aliphatic rings. The predicted octanol–water partition coefficient (Wildman–Crippen LogP) is 1.84. The lowest BCUT2D eigenvalue weighted by atomic mass is 9.90. The molecule has 1 heterocycles. The van der Waals surface area contributed by atoms with Crippen LogP contribution in [0.25, 0.3) is 0 Å². The van der Waals surface area contributed by atoms with Crippen molar-refractivity contribution < 1.29 is 14.3 Å². The van der Waals surface area contributed by atoms with E-state index in [-0.39, 0.29) is 18.3 Å². The molecule has 1 aliphatic heterocycles. The molecule has 0 aliphatic carbocycles. The number of likely N-dealkylation sites (N-methyl/N-ethyl adjacent to an activating group) is 1. The highest BCUT2D eigenvalue weighted by molar-refractivity contribution is 5.85. The van der Waals surface area contributed by atoms with Crippen molar-refractivity contribution in [3.63, 3.8) is 0 Å². The van der Waals surface area contributed by atoms with E-state index in [4.69, 9.17) is 9.47 Å². The van der Waals surface area contributed by atoms with Gasteiger partial charge < -0.3 is 19.7 Å². The van der Waals surface area contributed by atoms with Crippen LogP contribution >= 0.6 is 12.4 Å². The van der Waals surface area contributed by atoms with E-state index in [0.717, 1.165) is 24.4 Å². The number of ether oxygens (including phenoxy) is 2. The largest absolute Gasteiger partial charge is 0.496 e. The molecule has 22 heavy (non-hydrogen) atoms. The number of methoxy groups -OCH3 is 2. The molecule has 1 aromatic carbocycles. The maximum atomic E-state index is 12.8. The molecule has 0 radical (unpaired) electrons. The van der Waals surface area contributed by atoms with Crippen LogP contribution in [0, 0.1) is 0 Å². The third-order valence-corrected chi connectivity index (χ3v) is 4.14. The maximum absolute atomic E-state index is 12.8. The maximum Gasteiger partial charge on any atom is 0.254 e. The minimum Gasteiger partial charge on any atom is -0.496 e. The first-order valence-electron chi connectivity index (χ1n) is 7.26. The summed E-state index contributed by atoms with van der Waals surface area (Å²) in [4.78, 5) is 14.5.